The first-order chi connectivity index (χ1) is 8.93. The molecule has 18 heavy (non-hydrogen) atoms. The molecule has 1 aromatic carbocycles. The molecule has 96 valence electrons. The molecule has 2 aliphatic rings. The van der Waals surface area contributed by atoms with E-state index in [1.54, 1.807) is 0 Å². The lowest BCUT2D eigenvalue weighted by molar-refractivity contribution is 0.247. The third-order valence-electron chi connectivity index (χ3n) is 3.99. The second-order valence-electron chi connectivity index (χ2n) is 5.29. The minimum atomic E-state index is 0.473. The van der Waals surface area contributed by atoms with E-state index in [0.29, 0.717) is 6.04 Å². The summed E-state index contributed by atoms with van der Waals surface area (Å²) in [6.07, 6.45) is 9.52. The quantitative estimate of drug-likeness (QED) is 0.821. The van der Waals surface area contributed by atoms with E-state index >= 15 is 0 Å². The Morgan fingerprint density at radius 2 is 2.11 bits per heavy atom. The predicted molar refractivity (Wildman–Crippen MR) is 73.8 cm³/mol. The zero-order valence-corrected chi connectivity index (χ0v) is 10.8. The number of hydrogen-bond acceptors (Lipinski definition) is 2. The highest BCUT2D eigenvalue weighted by molar-refractivity contribution is 5.37. The Hall–Kier alpha value is -1.28. The van der Waals surface area contributed by atoms with Crippen LogP contribution in [-0.2, 0) is 0 Å². The molecule has 0 spiro atoms. The van der Waals surface area contributed by atoms with Crippen molar-refractivity contribution in [3.05, 3.63) is 42.0 Å². The van der Waals surface area contributed by atoms with Gasteiger partial charge in [-0.15, -0.1) is 0 Å². The van der Waals surface area contributed by atoms with Gasteiger partial charge in [-0.1, -0.05) is 30.4 Å². The van der Waals surface area contributed by atoms with Crippen LogP contribution in [0.4, 0.5) is 0 Å². The maximum atomic E-state index is 5.69. The fraction of sp³-hybridized carbons (Fsp3) is 0.500. The Bertz CT molecular complexity index is 427. The number of allylic oxidation sites excluding steroid dienone is 2. The van der Waals surface area contributed by atoms with Crippen molar-refractivity contribution < 1.29 is 4.74 Å². The van der Waals surface area contributed by atoms with E-state index in [0.717, 1.165) is 31.2 Å². The van der Waals surface area contributed by atoms with Gasteiger partial charge >= 0.3 is 0 Å². The van der Waals surface area contributed by atoms with Gasteiger partial charge < -0.3 is 10.1 Å². The van der Waals surface area contributed by atoms with E-state index in [1.165, 1.54) is 24.8 Å². The van der Waals surface area contributed by atoms with Crippen LogP contribution in [0, 0.1) is 5.92 Å². The minimum Gasteiger partial charge on any atom is -0.493 e. The minimum absolute atomic E-state index is 0.473. The largest absolute Gasteiger partial charge is 0.493 e. The van der Waals surface area contributed by atoms with Gasteiger partial charge in [-0.3, -0.25) is 0 Å². The Morgan fingerprint density at radius 3 is 3.00 bits per heavy atom. The second kappa shape index (κ2) is 5.57. The molecule has 0 aromatic heterocycles. The summed E-state index contributed by atoms with van der Waals surface area (Å²) in [5.41, 5.74) is 1.33. The first-order valence-corrected chi connectivity index (χ1v) is 7.03. The number of rotatable bonds is 3. The summed E-state index contributed by atoms with van der Waals surface area (Å²) in [5.74, 6) is 1.87. The van der Waals surface area contributed by atoms with Crippen LogP contribution in [0.5, 0.6) is 5.75 Å². The predicted octanol–water partition coefficient (Wildman–Crippen LogP) is 3.46. The van der Waals surface area contributed by atoms with Crippen molar-refractivity contribution >= 4 is 0 Å². The number of hydrogen-bond donors (Lipinski definition) is 1. The first kappa shape index (κ1) is 11.8. The summed E-state index contributed by atoms with van der Waals surface area (Å²) in [6, 6.07) is 8.89. The highest BCUT2D eigenvalue weighted by atomic mass is 16.5. The molecule has 1 heterocycles. The van der Waals surface area contributed by atoms with Gasteiger partial charge in [-0.25, -0.2) is 0 Å². The molecule has 0 radical (unpaired) electrons. The van der Waals surface area contributed by atoms with Crippen LogP contribution in [0.3, 0.4) is 0 Å². The molecule has 0 fully saturated rings. The molecule has 0 bridgehead atoms. The van der Waals surface area contributed by atoms with Gasteiger partial charge in [0.15, 0.2) is 0 Å². The lowest BCUT2D eigenvalue weighted by Gasteiger charge is -2.28. The van der Waals surface area contributed by atoms with Gasteiger partial charge in [0.05, 0.1) is 6.61 Å². The lowest BCUT2D eigenvalue weighted by Crippen LogP contribution is -2.31. The maximum Gasteiger partial charge on any atom is 0.124 e. The molecule has 0 saturated heterocycles. The molecule has 2 nitrogen and oxygen atoms in total. The summed E-state index contributed by atoms with van der Waals surface area (Å²) < 4.78 is 5.69. The van der Waals surface area contributed by atoms with Crippen LogP contribution >= 0.6 is 0 Å². The summed E-state index contributed by atoms with van der Waals surface area (Å²) in [4.78, 5) is 0. The number of fused-ring (bicyclic) bond motifs is 1. The van der Waals surface area contributed by atoms with Gasteiger partial charge in [-0.05, 0) is 37.8 Å². The van der Waals surface area contributed by atoms with Crippen molar-refractivity contribution in [1.29, 1.82) is 0 Å². The van der Waals surface area contributed by atoms with Crippen LogP contribution in [0.2, 0.25) is 0 Å². The normalized spacial score (nSPS) is 26.4. The third kappa shape index (κ3) is 2.59. The molecule has 1 aliphatic heterocycles. The highest BCUT2D eigenvalue weighted by Crippen LogP contribution is 2.31. The van der Waals surface area contributed by atoms with Gasteiger partial charge in [-0.2, -0.15) is 0 Å². The van der Waals surface area contributed by atoms with Crippen molar-refractivity contribution in [2.24, 2.45) is 5.92 Å². The molecule has 3 rings (SSSR count). The van der Waals surface area contributed by atoms with E-state index in [-0.39, 0.29) is 0 Å². The van der Waals surface area contributed by atoms with Crippen LogP contribution in [-0.4, -0.2) is 13.2 Å². The molecule has 1 N–H and O–H groups in total. The van der Waals surface area contributed by atoms with Gasteiger partial charge in [0.25, 0.3) is 0 Å². The fourth-order valence-electron chi connectivity index (χ4n) is 2.90. The average Bonchev–Trinajstić information content (AvgIpc) is 2.46. The Morgan fingerprint density at radius 1 is 1.17 bits per heavy atom. The van der Waals surface area contributed by atoms with Crippen molar-refractivity contribution in [1.82, 2.24) is 5.32 Å². The topological polar surface area (TPSA) is 21.3 Å². The summed E-state index contributed by atoms with van der Waals surface area (Å²) in [6.45, 7) is 1.96. The highest BCUT2D eigenvalue weighted by Gasteiger charge is 2.21. The zero-order valence-electron chi connectivity index (χ0n) is 10.8. The van der Waals surface area contributed by atoms with Crippen LogP contribution in [0.25, 0.3) is 0 Å². The van der Waals surface area contributed by atoms with E-state index in [4.69, 9.17) is 4.74 Å². The van der Waals surface area contributed by atoms with Crippen molar-refractivity contribution in [3.8, 4) is 5.75 Å². The fourth-order valence-corrected chi connectivity index (χ4v) is 2.90. The van der Waals surface area contributed by atoms with Crippen molar-refractivity contribution in [3.63, 3.8) is 0 Å². The molecule has 1 aromatic rings. The zero-order chi connectivity index (χ0) is 12.2. The lowest BCUT2D eigenvalue weighted by atomic mass is 9.93. The SMILES string of the molecule is C1=CCC(CNC2CCOc3ccccc32)CC1. The van der Waals surface area contributed by atoms with Gasteiger partial charge in [0.1, 0.15) is 5.75 Å². The van der Waals surface area contributed by atoms with Crippen molar-refractivity contribution in [2.45, 2.75) is 31.7 Å². The van der Waals surface area contributed by atoms with E-state index in [1.807, 2.05) is 6.07 Å². The molecule has 2 unspecified atom stereocenters. The first-order valence-electron chi connectivity index (χ1n) is 7.03. The monoisotopic (exact) mass is 243 g/mol. The third-order valence-corrected chi connectivity index (χ3v) is 3.99. The van der Waals surface area contributed by atoms with E-state index < -0.39 is 0 Å². The average molecular weight is 243 g/mol. The molecule has 2 atom stereocenters. The number of para-hydroxylation sites is 1. The summed E-state index contributed by atoms with van der Waals surface area (Å²) >= 11 is 0. The van der Waals surface area contributed by atoms with E-state index in [2.05, 4.69) is 35.7 Å². The number of nitrogens with one attached hydrogen (secondary N) is 1. The molecule has 2 heteroatoms. The second-order valence-corrected chi connectivity index (χ2v) is 5.29. The number of benzene rings is 1. The summed E-state index contributed by atoms with van der Waals surface area (Å²) in [7, 11) is 0. The summed E-state index contributed by atoms with van der Waals surface area (Å²) in [5, 5.41) is 3.73. The Labute approximate surface area is 109 Å². The van der Waals surface area contributed by atoms with Crippen LogP contribution < -0.4 is 10.1 Å². The van der Waals surface area contributed by atoms with Gasteiger partial charge in [0.2, 0.25) is 0 Å². The van der Waals surface area contributed by atoms with Crippen LogP contribution in [0.15, 0.2) is 36.4 Å². The smallest absolute Gasteiger partial charge is 0.124 e. The Balaban J connectivity index is 1.62. The molecular formula is C16H21NO. The molecule has 1 aliphatic carbocycles. The molecule has 0 saturated carbocycles. The van der Waals surface area contributed by atoms with Crippen molar-refractivity contribution in [2.75, 3.05) is 13.2 Å². The molecular weight excluding hydrogens is 222 g/mol. The van der Waals surface area contributed by atoms with Crippen LogP contribution in [0.1, 0.15) is 37.3 Å². The molecule has 0 amide bonds. The van der Waals surface area contributed by atoms with Gasteiger partial charge in [0, 0.05) is 18.0 Å². The van der Waals surface area contributed by atoms with E-state index in [9.17, 15) is 0 Å². The maximum absolute atomic E-state index is 5.69. The standard InChI is InChI=1S/C16H21NO/c1-2-6-13(7-3-1)12-17-15-10-11-18-16-9-5-4-8-14(15)16/h1-2,4-5,8-9,13,15,17H,3,6-7,10-12H2. The number of ether oxygens (including phenoxy) is 1. The Kier molecular flexibility index (Phi) is 3.65.